The van der Waals surface area contributed by atoms with Crippen LogP contribution in [0.1, 0.15) is 11.5 Å². The summed E-state index contributed by atoms with van der Waals surface area (Å²) >= 11 is 0. The number of nitrogens with zero attached hydrogens (tertiary/aromatic N) is 3. The van der Waals surface area contributed by atoms with E-state index < -0.39 is 22.3 Å². The normalized spacial score (nSPS) is 18.5. The van der Waals surface area contributed by atoms with Gasteiger partial charge in [-0.25, -0.2) is 13.2 Å². The molecule has 2 aliphatic heterocycles. The van der Waals surface area contributed by atoms with Crippen LogP contribution in [0.2, 0.25) is 0 Å². The molecule has 1 fully saturated rings. The minimum absolute atomic E-state index is 0.0394. The van der Waals surface area contributed by atoms with Crippen molar-refractivity contribution in [1.82, 2.24) is 14.4 Å². The monoisotopic (exact) mass is 444 g/mol. The van der Waals surface area contributed by atoms with Crippen molar-refractivity contribution in [3.8, 4) is 11.5 Å². The Hall–Kier alpha value is -2.93. The third kappa shape index (κ3) is 3.65. The summed E-state index contributed by atoms with van der Waals surface area (Å²) in [7, 11) is -3.79. The fourth-order valence-electron chi connectivity index (χ4n) is 3.33. The number of halogens is 2. The summed E-state index contributed by atoms with van der Waals surface area (Å²) in [5.41, 5.74) is 0.520. The second-order valence-electron chi connectivity index (χ2n) is 6.80. The third-order valence-electron chi connectivity index (χ3n) is 4.74. The molecular formula is C17H18F2N4O6S. The van der Waals surface area contributed by atoms with Gasteiger partial charge in [0.15, 0.2) is 17.3 Å². The Kier molecular flexibility index (Phi) is 4.81. The van der Waals surface area contributed by atoms with E-state index in [1.54, 1.807) is 6.92 Å². The average Bonchev–Trinajstić information content (AvgIpc) is 3.18. The standard InChI is InChI=1S/C17H18F2N4O6S/c1-10-15(11(2)29-21-10)30(25,26)23-7-5-22(6-8-23)16(24)20-12-3-4-13-14(9-12)28-17(18,19)27-13/h3-4,9H,5-8H2,1-2H3,(H,20,24). The Morgan fingerprint density at radius 2 is 1.80 bits per heavy atom. The Labute approximate surface area is 170 Å². The van der Waals surface area contributed by atoms with Crippen LogP contribution < -0.4 is 14.8 Å². The number of rotatable bonds is 3. The van der Waals surface area contributed by atoms with Gasteiger partial charge in [-0.15, -0.1) is 8.78 Å². The molecule has 0 saturated carbocycles. The van der Waals surface area contributed by atoms with Crippen molar-refractivity contribution < 1.29 is 36.0 Å². The third-order valence-corrected chi connectivity index (χ3v) is 6.89. The van der Waals surface area contributed by atoms with Crippen LogP contribution in [0.25, 0.3) is 0 Å². The molecule has 0 atom stereocenters. The van der Waals surface area contributed by atoms with Crippen molar-refractivity contribution in [3.63, 3.8) is 0 Å². The van der Waals surface area contributed by atoms with E-state index in [9.17, 15) is 22.0 Å². The smallest absolute Gasteiger partial charge is 0.395 e. The van der Waals surface area contributed by atoms with Gasteiger partial charge >= 0.3 is 12.3 Å². The number of benzene rings is 1. The van der Waals surface area contributed by atoms with Gasteiger partial charge in [0.05, 0.1) is 0 Å². The average molecular weight is 444 g/mol. The number of hydrogen-bond donors (Lipinski definition) is 1. The summed E-state index contributed by atoms with van der Waals surface area (Å²) in [5.74, 6) is -0.106. The number of ether oxygens (including phenoxy) is 2. The van der Waals surface area contributed by atoms with E-state index in [1.807, 2.05) is 0 Å². The molecule has 1 N–H and O–H groups in total. The second kappa shape index (κ2) is 7.09. The summed E-state index contributed by atoms with van der Waals surface area (Å²) in [4.78, 5) is 14.0. The highest BCUT2D eigenvalue weighted by molar-refractivity contribution is 7.89. The zero-order chi connectivity index (χ0) is 21.7. The van der Waals surface area contributed by atoms with Gasteiger partial charge in [-0.1, -0.05) is 5.16 Å². The van der Waals surface area contributed by atoms with E-state index in [1.165, 1.54) is 34.3 Å². The van der Waals surface area contributed by atoms with Crippen molar-refractivity contribution >= 4 is 21.7 Å². The fraction of sp³-hybridized carbons (Fsp3) is 0.412. The predicted octanol–water partition coefficient (Wildman–Crippen LogP) is 2.15. The molecule has 0 bridgehead atoms. The highest BCUT2D eigenvalue weighted by Gasteiger charge is 2.43. The van der Waals surface area contributed by atoms with Gasteiger partial charge in [0.1, 0.15) is 10.6 Å². The fourth-order valence-corrected chi connectivity index (χ4v) is 5.05. The van der Waals surface area contributed by atoms with Gasteiger partial charge < -0.3 is 24.2 Å². The maximum absolute atomic E-state index is 13.1. The lowest BCUT2D eigenvalue weighted by Gasteiger charge is -2.33. The topological polar surface area (TPSA) is 114 Å². The summed E-state index contributed by atoms with van der Waals surface area (Å²) in [6.07, 6.45) is -3.74. The van der Waals surface area contributed by atoms with Gasteiger partial charge in [0, 0.05) is 37.9 Å². The van der Waals surface area contributed by atoms with Gasteiger partial charge in [0.25, 0.3) is 0 Å². The first-order chi connectivity index (χ1) is 14.1. The zero-order valence-electron chi connectivity index (χ0n) is 16.0. The van der Waals surface area contributed by atoms with E-state index in [-0.39, 0.29) is 59.7 Å². The van der Waals surface area contributed by atoms with E-state index in [0.29, 0.717) is 0 Å². The molecule has 0 radical (unpaired) electrons. The molecule has 10 nitrogen and oxygen atoms in total. The number of sulfonamides is 1. The number of nitrogens with one attached hydrogen (secondary N) is 1. The Balaban J connectivity index is 1.39. The number of fused-ring (bicyclic) bond motifs is 1. The first-order valence-electron chi connectivity index (χ1n) is 8.96. The molecule has 3 heterocycles. The molecule has 0 aliphatic carbocycles. The summed E-state index contributed by atoms with van der Waals surface area (Å²) in [5, 5.41) is 6.26. The number of amides is 2. The van der Waals surface area contributed by atoms with E-state index in [2.05, 4.69) is 19.9 Å². The Bertz CT molecular complexity index is 1080. The minimum atomic E-state index is -3.79. The maximum atomic E-state index is 13.1. The zero-order valence-corrected chi connectivity index (χ0v) is 16.8. The van der Waals surface area contributed by atoms with Crippen molar-refractivity contribution in [2.75, 3.05) is 31.5 Å². The minimum Gasteiger partial charge on any atom is -0.395 e. The lowest BCUT2D eigenvalue weighted by Crippen LogP contribution is -2.51. The van der Waals surface area contributed by atoms with Crippen molar-refractivity contribution in [2.45, 2.75) is 25.0 Å². The molecule has 162 valence electrons. The first-order valence-corrected chi connectivity index (χ1v) is 10.4. The number of piperazine rings is 1. The molecule has 13 heteroatoms. The number of aryl methyl sites for hydroxylation is 2. The molecule has 2 aromatic rings. The summed E-state index contributed by atoms with van der Waals surface area (Å²) < 4.78 is 66.8. The van der Waals surface area contributed by atoms with Gasteiger partial charge in [-0.3, -0.25) is 0 Å². The molecule has 1 aromatic carbocycles. The van der Waals surface area contributed by atoms with Crippen LogP contribution in [0.15, 0.2) is 27.6 Å². The van der Waals surface area contributed by atoms with Gasteiger partial charge in [0.2, 0.25) is 10.0 Å². The van der Waals surface area contributed by atoms with Crippen LogP contribution in [-0.2, 0) is 10.0 Å². The van der Waals surface area contributed by atoms with Gasteiger partial charge in [-0.2, -0.15) is 4.31 Å². The molecule has 1 aromatic heterocycles. The Morgan fingerprint density at radius 3 is 2.43 bits per heavy atom. The quantitative estimate of drug-likeness (QED) is 0.772. The largest absolute Gasteiger partial charge is 0.586 e. The number of carbonyl (C=O) groups is 1. The second-order valence-corrected chi connectivity index (χ2v) is 8.68. The maximum Gasteiger partial charge on any atom is 0.586 e. The van der Waals surface area contributed by atoms with Crippen LogP contribution in [0.5, 0.6) is 11.5 Å². The predicted molar refractivity (Wildman–Crippen MR) is 98.0 cm³/mol. The highest BCUT2D eigenvalue weighted by Crippen LogP contribution is 2.42. The van der Waals surface area contributed by atoms with E-state index >= 15 is 0 Å². The van der Waals surface area contributed by atoms with Crippen molar-refractivity contribution in [3.05, 3.63) is 29.7 Å². The molecule has 2 aliphatic rings. The van der Waals surface area contributed by atoms with Crippen LogP contribution in [0.4, 0.5) is 19.3 Å². The Morgan fingerprint density at radius 1 is 1.13 bits per heavy atom. The SMILES string of the molecule is Cc1noc(C)c1S(=O)(=O)N1CCN(C(=O)Nc2ccc3c(c2)OC(F)(F)O3)CC1. The molecule has 4 rings (SSSR count). The van der Waals surface area contributed by atoms with Crippen molar-refractivity contribution in [1.29, 1.82) is 0 Å². The summed E-state index contributed by atoms with van der Waals surface area (Å²) in [6, 6.07) is 3.40. The van der Waals surface area contributed by atoms with E-state index in [4.69, 9.17) is 4.52 Å². The first kappa shape index (κ1) is 20.3. The molecule has 1 saturated heterocycles. The molecule has 30 heavy (non-hydrogen) atoms. The molecular weight excluding hydrogens is 426 g/mol. The van der Waals surface area contributed by atoms with Crippen LogP contribution in [0, 0.1) is 13.8 Å². The number of carbonyl (C=O) groups excluding carboxylic acids is 1. The van der Waals surface area contributed by atoms with Crippen LogP contribution >= 0.6 is 0 Å². The number of urea groups is 1. The number of alkyl halides is 2. The molecule has 0 unspecified atom stereocenters. The van der Waals surface area contributed by atoms with Gasteiger partial charge in [-0.05, 0) is 26.0 Å². The molecule has 0 spiro atoms. The number of hydrogen-bond acceptors (Lipinski definition) is 7. The lowest BCUT2D eigenvalue weighted by molar-refractivity contribution is -0.286. The molecule has 2 amide bonds. The van der Waals surface area contributed by atoms with E-state index in [0.717, 1.165) is 0 Å². The summed E-state index contributed by atoms with van der Waals surface area (Å²) in [6.45, 7) is 3.56. The van der Waals surface area contributed by atoms with Crippen LogP contribution in [-0.4, -0.2) is 61.3 Å². The van der Waals surface area contributed by atoms with Crippen molar-refractivity contribution in [2.24, 2.45) is 0 Å². The number of anilines is 1. The lowest BCUT2D eigenvalue weighted by atomic mass is 10.3. The van der Waals surface area contributed by atoms with Crippen LogP contribution in [0.3, 0.4) is 0 Å². The number of aromatic nitrogens is 1. The highest BCUT2D eigenvalue weighted by atomic mass is 32.2.